The third kappa shape index (κ3) is 4.36. The number of nitrogens with one attached hydrogen (secondary N) is 1. The number of rotatable bonds is 5. The van der Waals surface area contributed by atoms with E-state index in [2.05, 4.69) is 10.3 Å². The smallest absolute Gasteiger partial charge is 0.257 e. The molecule has 0 saturated carbocycles. The molecular formula is C16H17FN2O4S. The third-order valence-electron chi connectivity index (χ3n) is 3.30. The summed E-state index contributed by atoms with van der Waals surface area (Å²) >= 11 is 0. The van der Waals surface area contributed by atoms with E-state index in [0.29, 0.717) is 5.69 Å². The fourth-order valence-corrected chi connectivity index (χ4v) is 3.56. The van der Waals surface area contributed by atoms with Gasteiger partial charge in [-0.25, -0.2) is 12.8 Å². The Labute approximate surface area is 139 Å². The van der Waals surface area contributed by atoms with Gasteiger partial charge in [-0.1, -0.05) is 0 Å². The standard InChI is InChI=1S/C16H17FN2O4S/c1-11-3-6-13(9-18-11)19-15(20)16(2,21)10-24(22,23)14-7-4-12(17)5-8-14/h3-9,21H,10H2,1-2H3,(H,19,20)/t16-/m0/s1. The summed E-state index contributed by atoms with van der Waals surface area (Å²) in [7, 11) is -3.97. The quantitative estimate of drug-likeness (QED) is 0.799. The first kappa shape index (κ1) is 18.0. The van der Waals surface area contributed by atoms with Gasteiger partial charge in [-0.3, -0.25) is 9.78 Å². The number of hydrogen-bond acceptors (Lipinski definition) is 5. The highest BCUT2D eigenvalue weighted by molar-refractivity contribution is 7.91. The lowest BCUT2D eigenvalue weighted by molar-refractivity contribution is -0.130. The number of sulfone groups is 1. The number of nitrogens with zero attached hydrogens (tertiary/aromatic N) is 1. The van der Waals surface area contributed by atoms with Gasteiger partial charge in [0.25, 0.3) is 5.91 Å². The van der Waals surface area contributed by atoms with Crippen LogP contribution in [0.4, 0.5) is 10.1 Å². The highest BCUT2D eigenvalue weighted by Crippen LogP contribution is 2.19. The maximum Gasteiger partial charge on any atom is 0.257 e. The van der Waals surface area contributed by atoms with Crippen molar-refractivity contribution in [2.75, 3.05) is 11.1 Å². The molecule has 0 radical (unpaired) electrons. The van der Waals surface area contributed by atoms with E-state index in [0.717, 1.165) is 36.9 Å². The van der Waals surface area contributed by atoms with Gasteiger partial charge in [-0.15, -0.1) is 0 Å². The van der Waals surface area contributed by atoms with Crippen LogP contribution in [0.5, 0.6) is 0 Å². The van der Waals surface area contributed by atoms with Crippen LogP contribution in [0.15, 0.2) is 47.5 Å². The SMILES string of the molecule is Cc1ccc(NC(=O)[C@@](C)(O)CS(=O)(=O)c2ccc(F)cc2)cn1. The van der Waals surface area contributed by atoms with Crippen molar-refractivity contribution in [1.82, 2.24) is 4.98 Å². The summed E-state index contributed by atoms with van der Waals surface area (Å²) in [6.07, 6.45) is 1.40. The molecule has 1 amide bonds. The third-order valence-corrected chi connectivity index (χ3v) is 5.23. The van der Waals surface area contributed by atoms with E-state index in [1.54, 1.807) is 19.1 Å². The van der Waals surface area contributed by atoms with Crippen LogP contribution in [0.3, 0.4) is 0 Å². The molecule has 2 aromatic rings. The monoisotopic (exact) mass is 352 g/mol. The summed E-state index contributed by atoms with van der Waals surface area (Å²) in [4.78, 5) is 16.0. The topological polar surface area (TPSA) is 96.4 Å². The zero-order valence-electron chi connectivity index (χ0n) is 13.2. The van der Waals surface area contributed by atoms with Crippen LogP contribution in [-0.4, -0.2) is 35.8 Å². The molecule has 0 fully saturated rings. The van der Waals surface area contributed by atoms with Gasteiger partial charge in [0.1, 0.15) is 5.82 Å². The number of amides is 1. The van der Waals surface area contributed by atoms with Gasteiger partial charge in [-0.05, 0) is 50.2 Å². The van der Waals surface area contributed by atoms with Crippen LogP contribution in [0.1, 0.15) is 12.6 Å². The fourth-order valence-electron chi connectivity index (χ4n) is 1.97. The Morgan fingerprint density at radius 3 is 2.42 bits per heavy atom. The maximum atomic E-state index is 12.9. The van der Waals surface area contributed by atoms with Gasteiger partial charge >= 0.3 is 0 Å². The van der Waals surface area contributed by atoms with Crippen molar-refractivity contribution in [1.29, 1.82) is 0 Å². The van der Waals surface area contributed by atoms with Gasteiger partial charge in [-0.2, -0.15) is 0 Å². The minimum absolute atomic E-state index is 0.172. The summed E-state index contributed by atoms with van der Waals surface area (Å²) in [5.41, 5.74) is -1.08. The summed E-state index contributed by atoms with van der Waals surface area (Å²) in [6, 6.07) is 7.43. The number of aryl methyl sites for hydroxylation is 1. The minimum atomic E-state index is -3.97. The van der Waals surface area contributed by atoms with Crippen LogP contribution in [0.2, 0.25) is 0 Å². The number of aliphatic hydroxyl groups is 1. The molecule has 0 aliphatic heterocycles. The molecule has 1 atom stereocenters. The Kier molecular flexibility index (Phi) is 5.00. The van der Waals surface area contributed by atoms with Gasteiger partial charge in [0.2, 0.25) is 0 Å². The maximum absolute atomic E-state index is 12.9. The van der Waals surface area contributed by atoms with Crippen LogP contribution >= 0.6 is 0 Å². The number of halogens is 1. The first-order valence-corrected chi connectivity index (χ1v) is 8.70. The highest BCUT2D eigenvalue weighted by atomic mass is 32.2. The molecule has 8 heteroatoms. The molecule has 128 valence electrons. The van der Waals surface area contributed by atoms with Crippen LogP contribution in [0.25, 0.3) is 0 Å². The number of hydrogen-bond donors (Lipinski definition) is 2. The molecule has 24 heavy (non-hydrogen) atoms. The van der Waals surface area contributed by atoms with E-state index in [9.17, 15) is 22.7 Å². The fraction of sp³-hybridized carbons (Fsp3) is 0.250. The molecule has 1 aromatic carbocycles. The van der Waals surface area contributed by atoms with E-state index >= 15 is 0 Å². The van der Waals surface area contributed by atoms with Gasteiger partial charge < -0.3 is 10.4 Å². The molecule has 1 aromatic heterocycles. The first-order valence-electron chi connectivity index (χ1n) is 7.05. The van der Waals surface area contributed by atoms with E-state index in [4.69, 9.17) is 0 Å². The zero-order chi connectivity index (χ0) is 18.0. The number of benzene rings is 1. The van der Waals surface area contributed by atoms with Crippen molar-refractivity contribution < 1.29 is 22.7 Å². The first-order chi connectivity index (χ1) is 11.1. The van der Waals surface area contributed by atoms with Crippen LogP contribution < -0.4 is 5.32 Å². The Morgan fingerprint density at radius 2 is 1.88 bits per heavy atom. The predicted molar refractivity (Wildman–Crippen MR) is 86.7 cm³/mol. The van der Waals surface area contributed by atoms with E-state index in [1.807, 2.05) is 0 Å². The Bertz CT molecular complexity index is 831. The second-order valence-corrected chi connectivity index (χ2v) is 7.62. The van der Waals surface area contributed by atoms with Crippen molar-refractivity contribution in [2.24, 2.45) is 0 Å². The zero-order valence-corrected chi connectivity index (χ0v) is 14.0. The van der Waals surface area contributed by atoms with Gasteiger partial charge in [0.05, 0.1) is 22.5 Å². The van der Waals surface area contributed by atoms with Gasteiger partial charge in [0.15, 0.2) is 15.4 Å². The second-order valence-electron chi connectivity index (χ2n) is 5.63. The lowest BCUT2D eigenvalue weighted by Crippen LogP contribution is -2.45. The summed E-state index contributed by atoms with van der Waals surface area (Å²) in [6.45, 7) is 2.88. The molecule has 0 spiro atoms. The van der Waals surface area contributed by atoms with Gasteiger partial charge in [0, 0.05) is 5.69 Å². The largest absolute Gasteiger partial charge is 0.379 e. The molecule has 1 heterocycles. The predicted octanol–water partition coefficient (Wildman–Crippen LogP) is 1.69. The number of carbonyl (C=O) groups excluding carboxylic acids is 1. The van der Waals surface area contributed by atoms with Crippen LogP contribution in [0, 0.1) is 12.7 Å². The Balaban J connectivity index is 2.15. The van der Waals surface area contributed by atoms with E-state index in [1.165, 1.54) is 6.20 Å². The summed E-state index contributed by atoms with van der Waals surface area (Å²) in [5.74, 6) is -2.29. The number of aromatic nitrogens is 1. The van der Waals surface area contributed by atoms with Crippen molar-refractivity contribution in [2.45, 2.75) is 24.3 Å². The number of pyridine rings is 1. The molecule has 2 N–H and O–H groups in total. The van der Waals surface area contributed by atoms with Crippen LogP contribution in [-0.2, 0) is 14.6 Å². The number of anilines is 1. The van der Waals surface area contributed by atoms with E-state index < -0.39 is 32.9 Å². The van der Waals surface area contributed by atoms with Crippen molar-refractivity contribution in [3.63, 3.8) is 0 Å². The number of carbonyl (C=O) groups is 1. The molecule has 6 nitrogen and oxygen atoms in total. The molecule has 0 aliphatic rings. The molecule has 0 saturated heterocycles. The lowest BCUT2D eigenvalue weighted by atomic mass is 10.1. The summed E-state index contributed by atoms with van der Waals surface area (Å²) in [5, 5.41) is 12.7. The average molecular weight is 352 g/mol. The van der Waals surface area contributed by atoms with Crippen molar-refractivity contribution in [3.8, 4) is 0 Å². The lowest BCUT2D eigenvalue weighted by Gasteiger charge is -2.22. The Morgan fingerprint density at radius 1 is 1.25 bits per heavy atom. The molecule has 0 unspecified atom stereocenters. The Hall–Kier alpha value is -2.32. The molecule has 2 rings (SSSR count). The van der Waals surface area contributed by atoms with Crippen molar-refractivity contribution >= 4 is 21.4 Å². The molecular weight excluding hydrogens is 335 g/mol. The minimum Gasteiger partial charge on any atom is -0.379 e. The van der Waals surface area contributed by atoms with E-state index in [-0.39, 0.29) is 4.90 Å². The summed E-state index contributed by atoms with van der Waals surface area (Å²) < 4.78 is 37.5. The normalized spacial score (nSPS) is 14.0. The average Bonchev–Trinajstić information content (AvgIpc) is 2.49. The second kappa shape index (κ2) is 6.66. The molecule has 0 aliphatic carbocycles. The highest BCUT2D eigenvalue weighted by Gasteiger charge is 2.36. The molecule has 0 bridgehead atoms. The van der Waals surface area contributed by atoms with Crippen molar-refractivity contribution in [3.05, 3.63) is 54.1 Å².